The van der Waals surface area contributed by atoms with Crippen LogP contribution in [-0.4, -0.2) is 253 Å². The smallest absolute Gasteiger partial charge is 0.230 e. The summed E-state index contributed by atoms with van der Waals surface area (Å²) in [5, 5.41) is 46.4. The van der Waals surface area contributed by atoms with Crippen molar-refractivity contribution in [2.24, 2.45) is 0 Å². The van der Waals surface area contributed by atoms with Gasteiger partial charge < -0.3 is 82.0 Å². The summed E-state index contributed by atoms with van der Waals surface area (Å²) in [4.78, 5) is 103. The third-order valence-electron chi connectivity index (χ3n) is 22.8. The van der Waals surface area contributed by atoms with E-state index in [4.69, 9.17) is 39.6 Å². The molecular weight excluding hydrogens is 1540 g/mol. The SMILES string of the molecule is C.C=C1NC(=O)C/C1=C\c1cnn2c(NC3CC3)nc(N3CCCN(C)CC3)nc12.C=C1NC(=O)C/C1=C\c1cnn2c(NC3CC3)nc(N3CCCOCC3)nc12.C=C1NC(=O)C/C1=C\c1cnn2c(NC3CC3)nc(N3CCN(c4ccccn4)CC3)nc12.C=C1NC(=O)C/C1=C\c1cnn2c(NC3CC3)nc(NCCCN3CCCC3)nc12. The number of rotatable bonds is 21. The van der Waals surface area contributed by atoms with Crippen molar-refractivity contribution < 1.29 is 23.9 Å². The van der Waals surface area contributed by atoms with Gasteiger partial charge in [-0.3, -0.25) is 19.2 Å². The van der Waals surface area contributed by atoms with Crippen molar-refractivity contribution in [3.8, 4) is 0 Å². The van der Waals surface area contributed by atoms with Crippen molar-refractivity contribution in [1.82, 2.24) is 114 Å². The summed E-state index contributed by atoms with van der Waals surface area (Å²) >= 11 is 0. The molecule has 37 heteroatoms. The molecular formula is C84H106N32O5. The van der Waals surface area contributed by atoms with Crippen LogP contribution < -0.4 is 67.5 Å². The molecule has 37 nitrogen and oxygen atoms in total. The number of amides is 4. The summed E-state index contributed by atoms with van der Waals surface area (Å²) in [6.45, 7) is 30.3. The van der Waals surface area contributed by atoms with Crippen molar-refractivity contribution in [3.63, 3.8) is 0 Å². The second-order valence-corrected chi connectivity index (χ2v) is 32.5. The Kier molecular flexibility index (Phi) is 23.8. The van der Waals surface area contributed by atoms with Gasteiger partial charge in [0.05, 0.1) is 57.1 Å². The summed E-state index contributed by atoms with van der Waals surface area (Å²) in [7, 11) is 2.15. The van der Waals surface area contributed by atoms with E-state index in [2.05, 4.69) is 141 Å². The van der Waals surface area contributed by atoms with E-state index in [1.807, 2.05) is 48.7 Å². The highest BCUT2D eigenvalue weighted by Crippen LogP contribution is 2.35. The zero-order valence-electron chi connectivity index (χ0n) is 67.7. The van der Waals surface area contributed by atoms with E-state index in [1.165, 1.54) is 25.9 Å². The van der Waals surface area contributed by atoms with Gasteiger partial charge in [-0.25, -0.2) is 4.98 Å². The van der Waals surface area contributed by atoms with Crippen LogP contribution in [0.2, 0.25) is 0 Å². The number of fused-ring (bicyclic) bond motifs is 4. The van der Waals surface area contributed by atoms with Crippen molar-refractivity contribution in [2.45, 2.75) is 141 Å². The molecule has 12 fully saturated rings. The number of likely N-dealkylation sites (tertiary alicyclic amines) is 1. The highest BCUT2D eigenvalue weighted by atomic mass is 16.5. The molecule has 8 aliphatic heterocycles. The topological polar surface area (TPSA) is 390 Å². The number of aromatic nitrogens is 17. The van der Waals surface area contributed by atoms with Crippen LogP contribution in [0.5, 0.6) is 0 Å². The Labute approximate surface area is 700 Å². The Morgan fingerprint density at radius 3 is 1.22 bits per heavy atom. The third kappa shape index (κ3) is 19.4. The van der Waals surface area contributed by atoms with Crippen molar-refractivity contribution in [3.05, 3.63) is 143 Å². The second-order valence-electron chi connectivity index (χ2n) is 32.5. The predicted molar refractivity (Wildman–Crippen MR) is 465 cm³/mol. The van der Waals surface area contributed by atoms with Gasteiger partial charge in [0.15, 0.2) is 22.6 Å². The molecule has 0 aromatic carbocycles. The molecule has 9 N–H and O–H groups in total. The molecule has 0 spiro atoms. The highest BCUT2D eigenvalue weighted by Gasteiger charge is 2.33. The molecule has 121 heavy (non-hydrogen) atoms. The highest BCUT2D eigenvalue weighted by molar-refractivity contribution is 5.92. The van der Waals surface area contributed by atoms with Gasteiger partial charge in [-0.15, -0.1) is 0 Å². The number of likely N-dealkylation sites (N-methyl/N-ethyl adjacent to an activating group) is 1. The number of carbonyl (C=O) groups is 4. The predicted octanol–water partition coefficient (Wildman–Crippen LogP) is 7.09. The van der Waals surface area contributed by atoms with E-state index in [9.17, 15) is 19.2 Å². The average molecular weight is 1640 g/mol. The molecule has 0 bridgehead atoms. The van der Waals surface area contributed by atoms with Gasteiger partial charge in [0.1, 0.15) is 5.82 Å². The maximum Gasteiger partial charge on any atom is 0.230 e. The number of ether oxygens (including phenoxy) is 1. The Bertz CT molecular complexity index is 5580. The van der Waals surface area contributed by atoms with Gasteiger partial charge in [-0.2, -0.15) is 78.3 Å². The fourth-order valence-electron chi connectivity index (χ4n) is 15.4. The normalized spacial score (nSPS) is 21.1. The van der Waals surface area contributed by atoms with E-state index in [-0.39, 0.29) is 31.1 Å². The Balaban J connectivity index is 0.000000115. The summed E-state index contributed by atoms with van der Waals surface area (Å²) < 4.78 is 12.6. The van der Waals surface area contributed by atoms with E-state index in [1.54, 1.807) is 42.8 Å². The first-order valence-corrected chi connectivity index (χ1v) is 42.0. The standard InChI is InChI=1S/C23H25N9O.C21H28N8O.C20H26N8O.C19H23N7O2.CH4/c1-15-16(13-20(33)26-15)12-17-14-25-32-21(17)28-22(29-23(32)27-18-5-6-18)31-10-8-30(9-11-31)19-4-2-3-7-24-19;1-14-15(12-18(30)24-14)11-16-13-23-29-19(16)26-20(27-21(29)25-17-5-6-17)22-7-4-10-28-8-2-3-9-28;1-13-14(11-17(29)22-13)10-15-12-21-28-18(15)24-19(25-20(28)23-16-4-5-16)27-7-3-6-26(2)8-9-27;1-12-13(10-16(27)21-12)9-14-11-20-26-17(14)23-18(24-19(26)22-15-3-4-15)25-5-2-7-28-8-6-25;/h2-4,7,12,14,18H,1,5-6,8-11,13H2,(H,26,33)(H,27,28,29);11,13,17H,1-10,12H2,(H,24,30)(H2,22,25,26,27);10,12,16H,1,3-9,11H2,2H3,(H,22,29)(H,23,24,25);9,11,15H,1-8,10H2,(H,21,27)(H,22,23,24);1H4/b16-12+;15-11+;14-10+;13-9+;. The van der Waals surface area contributed by atoms with E-state index >= 15 is 0 Å². The quantitative estimate of drug-likeness (QED) is 0.0324. The average Bonchev–Trinajstić information content (AvgIpc) is 1.64. The minimum Gasteiger partial charge on any atom is -0.380 e. The van der Waals surface area contributed by atoms with Gasteiger partial charge in [-0.1, -0.05) is 39.8 Å². The van der Waals surface area contributed by atoms with Crippen molar-refractivity contribution in [2.75, 3.05) is 158 Å². The summed E-state index contributed by atoms with van der Waals surface area (Å²) in [5.41, 5.74) is 12.3. The number of hydrogen-bond donors (Lipinski definition) is 9. The van der Waals surface area contributed by atoms with Crippen LogP contribution in [0.3, 0.4) is 0 Å². The number of piperazine rings is 1. The molecule has 21 rings (SSSR count). The summed E-state index contributed by atoms with van der Waals surface area (Å²) in [6, 6.07) is 7.77. The molecule has 8 saturated heterocycles. The minimum atomic E-state index is -0.0418. The van der Waals surface area contributed by atoms with Crippen LogP contribution in [0, 0.1) is 0 Å². The fraction of sp³-hybridized carbons (Fsp3) is 0.464. The zero-order valence-corrected chi connectivity index (χ0v) is 67.7. The lowest BCUT2D eigenvalue weighted by molar-refractivity contribution is -0.119. The molecule has 4 amide bonds. The molecule has 632 valence electrons. The number of nitrogens with one attached hydrogen (secondary N) is 9. The Morgan fingerprint density at radius 2 is 0.818 bits per heavy atom. The number of carbonyl (C=O) groups excluding carboxylic acids is 4. The Morgan fingerprint density at radius 1 is 0.430 bits per heavy atom. The van der Waals surface area contributed by atoms with E-state index in [0.717, 1.165) is 241 Å². The maximum atomic E-state index is 11.7. The van der Waals surface area contributed by atoms with Gasteiger partial charge in [0.2, 0.25) is 71.2 Å². The van der Waals surface area contributed by atoms with E-state index in [0.29, 0.717) is 115 Å². The van der Waals surface area contributed by atoms with Gasteiger partial charge in [0.25, 0.3) is 0 Å². The number of hydrogen-bond acceptors (Lipinski definition) is 29. The molecule has 12 aliphatic rings. The van der Waals surface area contributed by atoms with Gasteiger partial charge in [0, 0.05) is 147 Å². The molecule has 0 radical (unpaired) electrons. The number of pyridine rings is 1. The van der Waals surface area contributed by atoms with Crippen molar-refractivity contribution >= 4 is 124 Å². The Hall–Kier alpha value is -12.8. The first-order chi connectivity index (χ1) is 58.5. The summed E-state index contributed by atoms with van der Waals surface area (Å²) in [6.07, 6.45) is 32.9. The molecule has 0 atom stereocenters. The monoisotopic (exact) mass is 1640 g/mol. The second kappa shape index (κ2) is 35.7. The van der Waals surface area contributed by atoms with Crippen LogP contribution in [0.15, 0.2) is 121 Å². The van der Waals surface area contributed by atoms with Gasteiger partial charge >= 0.3 is 0 Å². The summed E-state index contributed by atoms with van der Waals surface area (Å²) in [5.74, 6) is 6.40. The lowest BCUT2D eigenvalue weighted by Gasteiger charge is -2.35. The first-order valence-electron chi connectivity index (χ1n) is 42.0. The molecule has 9 aromatic heterocycles. The van der Waals surface area contributed by atoms with Crippen LogP contribution >= 0.6 is 0 Å². The number of anilines is 9. The van der Waals surface area contributed by atoms with Crippen LogP contribution in [-0.2, 0) is 23.9 Å². The van der Waals surface area contributed by atoms with Crippen LogP contribution in [0.1, 0.15) is 139 Å². The van der Waals surface area contributed by atoms with E-state index < -0.39 is 0 Å². The maximum absolute atomic E-state index is 11.7. The largest absolute Gasteiger partial charge is 0.380 e. The molecule has 17 heterocycles. The first kappa shape index (κ1) is 80.6. The number of allylic oxidation sites excluding steroid dienone is 4. The molecule has 0 unspecified atom stereocenters. The molecule has 4 aliphatic carbocycles. The third-order valence-corrected chi connectivity index (χ3v) is 22.8. The number of nitrogens with zero attached hydrogens (tertiary/aromatic N) is 23. The molecule has 9 aromatic rings. The lowest BCUT2D eigenvalue weighted by atomic mass is 10.1. The van der Waals surface area contributed by atoms with Crippen LogP contribution in [0.25, 0.3) is 46.9 Å². The van der Waals surface area contributed by atoms with Crippen LogP contribution in [0.4, 0.5) is 53.4 Å². The lowest BCUT2D eigenvalue weighted by Crippen LogP contribution is -2.47. The van der Waals surface area contributed by atoms with Crippen molar-refractivity contribution in [1.29, 1.82) is 0 Å². The fourth-order valence-corrected chi connectivity index (χ4v) is 15.4. The zero-order chi connectivity index (χ0) is 81.9. The molecule has 4 saturated carbocycles. The van der Waals surface area contributed by atoms with Gasteiger partial charge in [-0.05, 0) is 175 Å². The minimum absolute atomic E-state index is 0.